The van der Waals surface area contributed by atoms with Crippen LogP contribution in [0.4, 0.5) is 0 Å². The Balaban J connectivity index is 1.89. The van der Waals surface area contributed by atoms with E-state index in [9.17, 15) is 0 Å². The smallest absolute Gasteiger partial charge is 0.0441 e. The number of benzene rings is 2. The quantitative estimate of drug-likeness (QED) is 0.735. The highest BCUT2D eigenvalue weighted by molar-refractivity contribution is 6.31. The largest absolute Gasteiger partial charge is 0.0840 e. The molecule has 0 unspecified atom stereocenters. The lowest BCUT2D eigenvalue weighted by Crippen LogP contribution is -2.08. The second kappa shape index (κ2) is 4.19. The van der Waals surface area contributed by atoms with Crippen LogP contribution in [0.1, 0.15) is 24.0 Å². The minimum Gasteiger partial charge on any atom is -0.0840 e. The Hall–Kier alpha value is -1.27. The van der Waals surface area contributed by atoms with Crippen LogP contribution in [0, 0.1) is 6.42 Å². The molecule has 1 aliphatic carbocycles. The van der Waals surface area contributed by atoms with Crippen molar-refractivity contribution in [1.82, 2.24) is 0 Å². The summed E-state index contributed by atoms with van der Waals surface area (Å²) in [4.78, 5) is 0. The van der Waals surface area contributed by atoms with Gasteiger partial charge < -0.3 is 0 Å². The summed E-state index contributed by atoms with van der Waals surface area (Å²) in [6, 6.07) is 18.8. The highest BCUT2D eigenvalue weighted by Crippen LogP contribution is 2.52. The molecule has 0 atom stereocenters. The predicted octanol–water partition coefficient (Wildman–Crippen LogP) is 4.62. The van der Waals surface area contributed by atoms with Gasteiger partial charge in [0.2, 0.25) is 0 Å². The lowest BCUT2D eigenvalue weighted by atomic mass is 9.89. The molecule has 0 aromatic heterocycles. The maximum Gasteiger partial charge on any atom is 0.0441 e. The predicted molar refractivity (Wildman–Crippen MR) is 72.2 cm³/mol. The van der Waals surface area contributed by atoms with Crippen molar-refractivity contribution in [3.63, 3.8) is 0 Å². The van der Waals surface area contributed by atoms with Gasteiger partial charge in [-0.3, -0.25) is 0 Å². The third-order valence-corrected chi connectivity index (χ3v) is 3.82. The summed E-state index contributed by atoms with van der Waals surface area (Å²) in [5.41, 5.74) is 2.78. The molecule has 2 aromatic rings. The van der Waals surface area contributed by atoms with Gasteiger partial charge in [-0.25, -0.2) is 0 Å². The van der Waals surface area contributed by atoms with Crippen LogP contribution in [0.3, 0.4) is 0 Å². The molecular formula is C16H14Cl. The maximum atomic E-state index is 6.21. The van der Waals surface area contributed by atoms with Crippen LogP contribution < -0.4 is 0 Å². The van der Waals surface area contributed by atoms with E-state index in [4.69, 9.17) is 11.6 Å². The minimum absolute atomic E-state index is 0.228. The van der Waals surface area contributed by atoms with Crippen LogP contribution in [0.15, 0.2) is 54.6 Å². The molecule has 1 fully saturated rings. The standard InChI is InChI=1S/C16H14Cl/c17-15-9-5-4-6-13(15)12-16(10-11-16)14-7-2-1-3-8-14/h1-9,12H,10-11H2. The number of rotatable bonds is 3. The molecule has 0 amide bonds. The molecule has 0 aliphatic heterocycles. The van der Waals surface area contributed by atoms with Crippen molar-refractivity contribution in [2.24, 2.45) is 0 Å². The topological polar surface area (TPSA) is 0 Å². The van der Waals surface area contributed by atoms with Gasteiger partial charge in [0.05, 0.1) is 0 Å². The summed E-state index contributed by atoms with van der Waals surface area (Å²) in [6.45, 7) is 0. The molecule has 85 valence electrons. The molecule has 1 radical (unpaired) electrons. The fourth-order valence-corrected chi connectivity index (χ4v) is 2.50. The monoisotopic (exact) mass is 241 g/mol. The molecule has 1 saturated carbocycles. The SMILES string of the molecule is Clc1ccccc1[CH]C1(c2ccccc2)CC1. The van der Waals surface area contributed by atoms with Crippen molar-refractivity contribution >= 4 is 11.6 Å². The van der Waals surface area contributed by atoms with Crippen molar-refractivity contribution in [2.45, 2.75) is 18.3 Å². The van der Waals surface area contributed by atoms with Gasteiger partial charge in [-0.15, -0.1) is 0 Å². The second-order valence-corrected chi connectivity index (χ2v) is 5.10. The van der Waals surface area contributed by atoms with Crippen molar-refractivity contribution in [1.29, 1.82) is 0 Å². The first kappa shape index (κ1) is 10.9. The fraction of sp³-hybridized carbons (Fsp3) is 0.188. The van der Waals surface area contributed by atoms with Gasteiger partial charge in [-0.05, 0) is 30.0 Å². The third-order valence-electron chi connectivity index (χ3n) is 3.47. The Kier molecular flexibility index (Phi) is 2.68. The average Bonchev–Trinajstić information content (AvgIpc) is 3.15. The molecule has 3 rings (SSSR count). The van der Waals surface area contributed by atoms with E-state index in [0.29, 0.717) is 0 Å². The Labute approximate surface area is 107 Å². The Morgan fingerprint density at radius 3 is 2.18 bits per heavy atom. The maximum absolute atomic E-state index is 6.21. The first-order valence-electron chi connectivity index (χ1n) is 5.96. The van der Waals surface area contributed by atoms with Gasteiger partial charge in [-0.2, -0.15) is 0 Å². The highest BCUT2D eigenvalue weighted by Gasteiger charge is 2.44. The Morgan fingerprint density at radius 1 is 0.882 bits per heavy atom. The zero-order valence-corrected chi connectivity index (χ0v) is 10.3. The van der Waals surface area contributed by atoms with Gasteiger partial charge >= 0.3 is 0 Å². The first-order valence-corrected chi connectivity index (χ1v) is 6.34. The van der Waals surface area contributed by atoms with Gasteiger partial charge in [-0.1, -0.05) is 60.1 Å². The van der Waals surface area contributed by atoms with Gasteiger partial charge in [0.1, 0.15) is 0 Å². The van der Waals surface area contributed by atoms with Crippen molar-refractivity contribution in [3.8, 4) is 0 Å². The molecular weight excluding hydrogens is 228 g/mol. The van der Waals surface area contributed by atoms with Crippen LogP contribution in [-0.2, 0) is 5.41 Å². The molecule has 17 heavy (non-hydrogen) atoms. The number of halogens is 1. The molecule has 0 N–H and O–H groups in total. The fourth-order valence-electron chi connectivity index (χ4n) is 2.31. The molecule has 0 heterocycles. The molecule has 0 bridgehead atoms. The van der Waals surface area contributed by atoms with Crippen LogP contribution in [-0.4, -0.2) is 0 Å². The number of hydrogen-bond donors (Lipinski definition) is 0. The van der Waals surface area contributed by atoms with Crippen LogP contribution >= 0.6 is 11.6 Å². The van der Waals surface area contributed by atoms with Crippen molar-refractivity contribution in [3.05, 3.63) is 77.2 Å². The van der Waals surface area contributed by atoms with E-state index >= 15 is 0 Å². The molecule has 1 aliphatic rings. The van der Waals surface area contributed by atoms with Gasteiger partial charge in [0.15, 0.2) is 0 Å². The summed E-state index contributed by atoms with van der Waals surface area (Å²) >= 11 is 6.21. The van der Waals surface area contributed by atoms with E-state index in [1.54, 1.807) is 0 Å². The zero-order chi connectivity index (χ0) is 11.7. The summed E-state index contributed by atoms with van der Waals surface area (Å²) in [6.07, 6.45) is 4.77. The molecule has 1 heteroatoms. The second-order valence-electron chi connectivity index (χ2n) is 4.69. The van der Waals surface area contributed by atoms with Crippen LogP contribution in [0.2, 0.25) is 5.02 Å². The van der Waals surface area contributed by atoms with Crippen molar-refractivity contribution in [2.75, 3.05) is 0 Å². The third kappa shape index (κ3) is 2.10. The van der Waals surface area contributed by atoms with Crippen molar-refractivity contribution < 1.29 is 0 Å². The van der Waals surface area contributed by atoms with Gasteiger partial charge in [0.25, 0.3) is 0 Å². The summed E-state index contributed by atoms with van der Waals surface area (Å²) < 4.78 is 0. The lowest BCUT2D eigenvalue weighted by molar-refractivity contribution is 0.829. The zero-order valence-electron chi connectivity index (χ0n) is 9.57. The van der Waals surface area contributed by atoms with Crippen LogP contribution in [0.25, 0.3) is 0 Å². The lowest BCUT2D eigenvalue weighted by Gasteiger charge is -2.16. The van der Waals surface area contributed by atoms with E-state index in [1.807, 2.05) is 18.2 Å². The van der Waals surface area contributed by atoms with Gasteiger partial charge in [0, 0.05) is 16.9 Å². The summed E-state index contributed by atoms with van der Waals surface area (Å²) in [5.74, 6) is 0. The number of hydrogen-bond acceptors (Lipinski definition) is 0. The van der Waals surface area contributed by atoms with Crippen LogP contribution in [0.5, 0.6) is 0 Å². The molecule has 0 nitrogen and oxygen atoms in total. The Morgan fingerprint density at radius 2 is 1.53 bits per heavy atom. The minimum atomic E-state index is 0.228. The van der Waals surface area contributed by atoms with E-state index in [2.05, 4.69) is 42.8 Å². The summed E-state index contributed by atoms with van der Waals surface area (Å²) in [7, 11) is 0. The summed E-state index contributed by atoms with van der Waals surface area (Å²) in [5, 5.41) is 0.842. The normalized spacial score (nSPS) is 16.8. The highest BCUT2D eigenvalue weighted by atomic mass is 35.5. The molecule has 0 saturated heterocycles. The van der Waals surface area contributed by atoms with E-state index in [0.717, 1.165) is 10.6 Å². The molecule has 2 aromatic carbocycles. The van der Waals surface area contributed by atoms with E-state index in [1.165, 1.54) is 18.4 Å². The molecule has 0 spiro atoms. The first-order chi connectivity index (χ1) is 8.30. The van der Waals surface area contributed by atoms with E-state index < -0.39 is 0 Å². The Bertz CT molecular complexity index is 512. The van der Waals surface area contributed by atoms with E-state index in [-0.39, 0.29) is 5.41 Å². The average molecular weight is 242 g/mol.